The van der Waals surface area contributed by atoms with Gasteiger partial charge >= 0.3 is 0 Å². The van der Waals surface area contributed by atoms with Crippen LogP contribution >= 0.6 is 0 Å². The van der Waals surface area contributed by atoms with E-state index < -0.39 is 0 Å². The van der Waals surface area contributed by atoms with Crippen LogP contribution in [0.1, 0.15) is 24.2 Å². The largest absolute Gasteiger partial charge is 0.350 e. The van der Waals surface area contributed by atoms with Crippen molar-refractivity contribution in [3.8, 4) is 22.5 Å². The van der Waals surface area contributed by atoms with E-state index in [1.807, 2.05) is 13.8 Å². The second-order valence-corrected chi connectivity index (χ2v) is 7.27. The molecule has 0 radical (unpaired) electrons. The zero-order valence-corrected chi connectivity index (χ0v) is 16.5. The van der Waals surface area contributed by atoms with E-state index in [1.165, 1.54) is 24.3 Å². The third kappa shape index (κ3) is 4.03. The normalized spacial score (nSPS) is 11.1. The lowest BCUT2D eigenvalue weighted by molar-refractivity contribution is 0.0943. The number of aromatic nitrogens is 2. The van der Waals surface area contributed by atoms with Gasteiger partial charge in [-0.3, -0.25) is 4.79 Å². The molecule has 0 bridgehead atoms. The highest BCUT2D eigenvalue weighted by atomic mass is 19.1. The van der Waals surface area contributed by atoms with Crippen molar-refractivity contribution in [1.29, 1.82) is 0 Å². The Hall–Kier alpha value is -3.67. The minimum atomic E-state index is -0.358. The highest BCUT2D eigenvalue weighted by molar-refractivity contribution is 5.98. The van der Waals surface area contributed by atoms with Crippen molar-refractivity contribution in [2.75, 3.05) is 0 Å². The maximum absolute atomic E-state index is 13.4. The van der Waals surface area contributed by atoms with Gasteiger partial charge in [-0.25, -0.2) is 18.7 Å². The van der Waals surface area contributed by atoms with Gasteiger partial charge in [-0.2, -0.15) is 0 Å². The zero-order chi connectivity index (χ0) is 21.3. The SMILES string of the molecule is CC(C)NC(=O)c1ccc2nc(-c3ccc(F)cc3)c(-c3ccc(F)cc3)nc2c1. The summed E-state index contributed by atoms with van der Waals surface area (Å²) in [6.07, 6.45) is 0. The summed E-state index contributed by atoms with van der Waals surface area (Å²) in [7, 11) is 0. The molecular formula is C24H19F2N3O. The van der Waals surface area contributed by atoms with Gasteiger partial charge in [0.15, 0.2) is 0 Å². The Labute approximate surface area is 172 Å². The van der Waals surface area contributed by atoms with Crippen LogP contribution in [0.3, 0.4) is 0 Å². The molecule has 0 aliphatic rings. The molecule has 0 unspecified atom stereocenters. The topological polar surface area (TPSA) is 54.9 Å². The molecule has 30 heavy (non-hydrogen) atoms. The Morgan fingerprint density at radius 3 is 1.77 bits per heavy atom. The lowest BCUT2D eigenvalue weighted by Gasteiger charge is -2.12. The van der Waals surface area contributed by atoms with Crippen LogP contribution in [0.4, 0.5) is 8.78 Å². The first kappa shape index (κ1) is 19.6. The summed E-state index contributed by atoms with van der Waals surface area (Å²) in [5.74, 6) is -0.903. The number of benzene rings is 3. The third-order valence-electron chi connectivity index (χ3n) is 4.58. The van der Waals surface area contributed by atoms with E-state index >= 15 is 0 Å². The monoisotopic (exact) mass is 403 g/mol. The van der Waals surface area contributed by atoms with E-state index in [0.717, 1.165) is 0 Å². The van der Waals surface area contributed by atoms with Crippen LogP contribution in [-0.2, 0) is 0 Å². The van der Waals surface area contributed by atoms with Crippen LogP contribution in [0.25, 0.3) is 33.5 Å². The summed E-state index contributed by atoms with van der Waals surface area (Å²) in [5.41, 5.74) is 4.04. The van der Waals surface area contributed by atoms with E-state index in [-0.39, 0.29) is 23.6 Å². The zero-order valence-electron chi connectivity index (χ0n) is 16.5. The van der Waals surface area contributed by atoms with Crippen molar-refractivity contribution in [3.05, 3.63) is 83.9 Å². The molecule has 3 aromatic carbocycles. The molecule has 0 aliphatic carbocycles. The van der Waals surface area contributed by atoms with Crippen LogP contribution in [-0.4, -0.2) is 21.9 Å². The van der Waals surface area contributed by atoms with E-state index in [9.17, 15) is 13.6 Å². The fourth-order valence-corrected chi connectivity index (χ4v) is 3.16. The van der Waals surface area contributed by atoms with Crippen molar-refractivity contribution in [2.45, 2.75) is 19.9 Å². The van der Waals surface area contributed by atoms with Crippen molar-refractivity contribution < 1.29 is 13.6 Å². The van der Waals surface area contributed by atoms with Gasteiger partial charge in [0.25, 0.3) is 5.91 Å². The van der Waals surface area contributed by atoms with Gasteiger partial charge in [-0.15, -0.1) is 0 Å². The van der Waals surface area contributed by atoms with Crippen LogP contribution < -0.4 is 5.32 Å². The van der Waals surface area contributed by atoms with Gasteiger partial charge in [0, 0.05) is 22.7 Å². The number of amides is 1. The van der Waals surface area contributed by atoms with Crippen LogP contribution in [0.15, 0.2) is 66.7 Å². The molecule has 0 atom stereocenters. The summed E-state index contributed by atoms with van der Waals surface area (Å²) >= 11 is 0. The number of carbonyl (C=O) groups is 1. The second kappa shape index (κ2) is 7.99. The molecule has 6 heteroatoms. The molecule has 0 saturated heterocycles. The lowest BCUT2D eigenvalue weighted by Crippen LogP contribution is -2.30. The summed E-state index contributed by atoms with van der Waals surface area (Å²) in [4.78, 5) is 21.8. The maximum atomic E-state index is 13.4. The van der Waals surface area contributed by atoms with Gasteiger partial charge in [-0.05, 0) is 80.6 Å². The van der Waals surface area contributed by atoms with Crippen LogP contribution in [0.5, 0.6) is 0 Å². The van der Waals surface area contributed by atoms with Crippen molar-refractivity contribution in [1.82, 2.24) is 15.3 Å². The Morgan fingerprint density at radius 2 is 1.27 bits per heavy atom. The Morgan fingerprint density at radius 1 is 0.767 bits per heavy atom. The van der Waals surface area contributed by atoms with Gasteiger partial charge < -0.3 is 5.32 Å². The minimum absolute atomic E-state index is 0.00918. The number of nitrogens with one attached hydrogen (secondary N) is 1. The smallest absolute Gasteiger partial charge is 0.251 e. The summed E-state index contributed by atoms with van der Waals surface area (Å²) in [6, 6.07) is 17.0. The highest BCUT2D eigenvalue weighted by Gasteiger charge is 2.15. The Bertz CT molecular complexity index is 1220. The number of halogens is 2. The van der Waals surface area contributed by atoms with E-state index in [1.54, 1.807) is 42.5 Å². The second-order valence-electron chi connectivity index (χ2n) is 7.27. The van der Waals surface area contributed by atoms with E-state index in [0.29, 0.717) is 39.1 Å². The molecular weight excluding hydrogens is 384 g/mol. The molecule has 0 spiro atoms. The molecule has 1 N–H and O–H groups in total. The quantitative estimate of drug-likeness (QED) is 0.498. The highest BCUT2D eigenvalue weighted by Crippen LogP contribution is 2.31. The van der Waals surface area contributed by atoms with Crippen molar-refractivity contribution in [2.24, 2.45) is 0 Å². The van der Waals surface area contributed by atoms with E-state index in [2.05, 4.69) is 5.32 Å². The fourth-order valence-electron chi connectivity index (χ4n) is 3.16. The minimum Gasteiger partial charge on any atom is -0.350 e. The first-order chi connectivity index (χ1) is 14.4. The number of rotatable bonds is 4. The van der Waals surface area contributed by atoms with Crippen LogP contribution in [0.2, 0.25) is 0 Å². The predicted octanol–water partition coefficient (Wildman–Crippen LogP) is 5.38. The summed E-state index contributed by atoms with van der Waals surface area (Å²) in [5, 5.41) is 2.85. The first-order valence-electron chi connectivity index (χ1n) is 9.55. The van der Waals surface area contributed by atoms with Crippen molar-refractivity contribution >= 4 is 16.9 Å². The molecule has 1 aromatic heterocycles. The molecule has 4 rings (SSSR count). The number of nitrogens with zero attached hydrogens (tertiary/aromatic N) is 2. The number of hydrogen-bond donors (Lipinski definition) is 1. The van der Waals surface area contributed by atoms with Crippen LogP contribution in [0, 0.1) is 11.6 Å². The fraction of sp³-hybridized carbons (Fsp3) is 0.125. The predicted molar refractivity (Wildman–Crippen MR) is 113 cm³/mol. The first-order valence-corrected chi connectivity index (χ1v) is 9.55. The Balaban J connectivity index is 1.90. The standard InChI is InChI=1S/C24H19F2N3O/c1-14(2)27-24(30)17-7-12-20-21(13-17)29-23(16-5-10-19(26)11-6-16)22(28-20)15-3-8-18(25)9-4-15/h3-14H,1-2H3,(H,27,30). The molecule has 0 aliphatic heterocycles. The molecule has 4 aromatic rings. The molecule has 1 amide bonds. The summed E-state index contributed by atoms with van der Waals surface area (Å²) < 4.78 is 26.9. The Kier molecular flexibility index (Phi) is 5.23. The third-order valence-corrected chi connectivity index (χ3v) is 4.58. The average molecular weight is 403 g/mol. The molecule has 4 nitrogen and oxygen atoms in total. The lowest BCUT2D eigenvalue weighted by atomic mass is 10.0. The average Bonchev–Trinajstić information content (AvgIpc) is 2.73. The molecule has 0 fully saturated rings. The van der Waals surface area contributed by atoms with Gasteiger partial charge in [0.1, 0.15) is 11.6 Å². The molecule has 0 saturated carbocycles. The number of fused-ring (bicyclic) bond motifs is 1. The summed E-state index contributed by atoms with van der Waals surface area (Å²) in [6.45, 7) is 3.78. The van der Waals surface area contributed by atoms with Gasteiger partial charge in [-0.1, -0.05) is 0 Å². The number of hydrogen-bond acceptors (Lipinski definition) is 3. The molecule has 1 heterocycles. The van der Waals surface area contributed by atoms with Crippen molar-refractivity contribution in [3.63, 3.8) is 0 Å². The molecule has 150 valence electrons. The van der Waals surface area contributed by atoms with E-state index in [4.69, 9.17) is 9.97 Å². The van der Waals surface area contributed by atoms with Gasteiger partial charge in [0.2, 0.25) is 0 Å². The maximum Gasteiger partial charge on any atom is 0.251 e. The van der Waals surface area contributed by atoms with Gasteiger partial charge in [0.05, 0.1) is 22.4 Å². The number of carbonyl (C=O) groups excluding carboxylic acids is 1.